The van der Waals surface area contributed by atoms with Gasteiger partial charge in [-0.15, -0.1) is 0 Å². The van der Waals surface area contributed by atoms with E-state index in [2.05, 4.69) is 36.0 Å². The van der Waals surface area contributed by atoms with Gasteiger partial charge in [0.15, 0.2) is 5.84 Å². The highest BCUT2D eigenvalue weighted by Crippen LogP contribution is 2.12. The number of hydrogen-bond donors (Lipinski definition) is 0. The Morgan fingerprint density at radius 3 is 2.62 bits per heavy atom. The van der Waals surface area contributed by atoms with Crippen molar-refractivity contribution < 1.29 is 0 Å². The van der Waals surface area contributed by atoms with Gasteiger partial charge in [0.2, 0.25) is 0 Å². The van der Waals surface area contributed by atoms with Crippen LogP contribution in [0, 0.1) is 5.92 Å². The quantitative estimate of drug-likeness (QED) is 0.734. The van der Waals surface area contributed by atoms with Crippen LogP contribution in [0.15, 0.2) is 40.3 Å². The van der Waals surface area contributed by atoms with Crippen molar-refractivity contribution in [3.05, 3.63) is 35.9 Å². The van der Waals surface area contributed by atoms with Gasteiger partial charge >= 0.3 is 0 Å². The normalized spacial score (nSPS) is 15.2. The predicted molar refractivity (Wildman–Crippen MR) is 69.4 cm³/mol. The maximum atomic E-state index is 4.60. The molecule has 1 aromatic carbocycles. The minimum atomic E-state index is 0.739. The van der Waals surface area contributed by atoms with Crippen molar-refractivity contribution in [2.75, 3.05) is 6.54 Å². The molecule has 0 radical (unpaired) electrons. The smallest absolute Gasteiger partial charge is 0.154 e. The first-order valence-electron chi connectivity index (χ1n) is 5.92. The molecule has 0 aromatic heterocycles. The largest absolute Gasteiger partial charge is 0.260 e. The van der Waals surface area contributed by atoms with Gasteiger partial charge in [-0.3, -0.25) is 4.99 Å². The lowest BCUT2D eigenvalue weighted by Gasteiger charge is -2.02. The topological polar surface area (TPSA) is 24.7 Å². The number of amidine groups is 1. The van der Waals surface area contributed by atoms with Crippen molar-refractivity contribution in [3.63, 3.8) is 0 Å². The SMILES string of the molecule is CC(C)CCC1=NC(c2ccccc2)=NC1. The van der Waals surface area contributed by atoms with Crippen LogP contribution in [-0.2, 0) is 0 Å². The number of nitrogens with zero attached hydrogens (tertiary/aromatic N) is 2. The number of benzene rings is 1. The molecular weight excluding hydrogens is 196 g/mol. The number of rotatable bonds is 4. The van der Waals surface area contributed by atoms with E-state index in [-0.39, 0.29) is 0 Å². The Kier molecular flexibility index (Phi) is 3.50. The molecule has 0 saturated carbocycles. The minimum absolute atomic E-state index is 0.739. The Balaban J connectivity index is 2.00. The summed E-state index contributed by atoms with van der Waals surface area (Å²) < 4.78 is 0. The van der Waals surface area contributed by atoms with E-state index < -0.39 is 0 Å². The van der Waals surface area contributed by atoms with Gasteiger partial charge < -0.3 is 0 Å². The zero-order chi connectivity index (χ0) is 11.4. The summed E-state index contributed by atoms with van der Waals surface area (Å²) in [4.78, 5) is 9.08. The van der Waals surface area contributed by atoms with Gasteiger partial charge in [-0.2, -0.15) is 0 Å². The third kappa shape index (κ3) is 2.78. The maximum absolute atomic E-state index is 4.60. The molecule has 2 nitrogen and oxygen atoms in total. The molecule has 0 unspecified atom stereocenters. The first kappa shape index (κ1) is 11.1. The Hall–Kier alpha value is -1.44. The van der Waals surface area contributed by atoms with Crippen LogP contribution in [-0.4, -0.2) is 18.1 Å². The van der Waals surface area contributed by atoms with Gasteiger partial charge in [-0.25, -0.2) is 4.99 Å². The van der Waals surface area contributed by atoms with Crippen molar-refractivity contribution in [1.82, 2.24) is 0 Å². The minimum Gasteiger partial charge on any atom is -0.260 e. The maximum Gasteiger partial charge on any atom is 0.154 e. The van der Waals surface area contributed by atoms with Crippen molar-refractivity contribution in [3.8, 4) is 0 Å². The van der Waals surface area contributed by atoms with Gasteiger partial charge in [0, 0.05) is 11.3 Å². The van der Waals surface area contributed by atoms with E-state index in [0.717, 1.165) is 30.3 Å². The molecule has 1 aromatic rings. The summed E-state index contributed by atoms with van der Waals surface area (Å²) in [5.41, 5.74) is 2.36. The molecule has 0 aliphatic carbocycles. The number of hydrogen-bond acceptors (Lipinski definition) is 2. The summed E-state index contributed by atoms with van der Waals surface area (Å²) in [6.07, 6.45) is 2.29. The second kappa shape index (κ2) is 5.06. The van der Waals surface area contributed by atoms with Crippen molar-refractivity contribution in [2.45, 2.75) is 26.7 Å². The van der Waals surface area contributed by atoms with Crippen molar-refractivity contribution >= 4 is 11.5 Å². The molecule has 0 bridgehead atoms. The van der Waals surface area contributed by atoms with E-state index in [1.807, 2.05) is 18.2 Å². The summed E-state index contributed by atoms with van der Waals surface area (Å²) in [6, 6.07) is 10.2. The van der Waals surface area contributed by atoms with Gasteiger partial charge in [-0.1, -0.05) is 44.2 Å². The van der Waals surface area contributed by atoms with E-state index in [1.165, 1.54) is 12.1 Å². The molecule has 84 valence electrons. The Morgan fingerprint density at radius 1 is 1.19 bits per heavy atom. The first-order valence-corrected chi connectivity index (χ1v) is 5.92. The zero-order valence-electron chi connectivity index (χ0n) is 9.98. The third-order valence-corrected chi connectivity index (χ3v) is 2.72. The molecule has 0 spiro atoms. The lowest BCUT2D eigenvalue weighted by molar-refractivity contribution is 0.602. The Morgan fingerprint density at radius 2 is 1.94 bits per heavy atom. The fraction of sp³-hybridized carbons (Fsp3) is 0.429. The van der Waals surface area contributed by atoms with Gasteiger partial charge in [-0.05, 0) is 18.8 Å². The third-order valence-electron chi connectivity index (χ3n) is 2.72. The van der Waals surface area contributed by atoms with Crippen molar-refractivity contribution in [2.24, 2.45) is 15.9 Å². The van der Waals surface area contributed by atoms with Gasteiger partial charge in [0.05, 0.1) is 6.54 Å². The van der Waals surface area contributed by atoms with Crippen molar-refractivity contribution in [1.29, 1.82) is 0 Å². The van der Waals surface area contributed by atoms with E-state index in [9.17, 15) is 0 Å². The molecule has 2 rings (SSSR count). The molecule has 0 saturated heterocycles. The second-order valence-electron chi connectivity index (χ2n) is 4.62. The van der Waals surface area contributed by atoms with Crippen LogP contribution >= 0.6 is 0 Å². The summed E-state index contributed by atoms with van der Waals surface area (Å²) in [5.74, 6) is 1.64. The highest BCUT2D eigenvalue weighted by atomic mass is 15.0. The lowest BCUT2D eigenvalue weighted by Crippen LogP contribution is -2.01. The molecular formula is C14H18N2. The summed E-state index contributed by atoms with van der Waals surface area (Å²) >= 11 is 0. The average molecular weight is 214 g/mol. The molecule has 16 heavy (non-hydrogen) atoms. The summed E-state index contributed by atoms with van der Waals surface area (Å²) in [5, 5.41) is 0. The molecule has 1 heterocycles. The van der Waals surface area contributed by atoms with Crippen LogP contribution in [0.4, 0.5) is 0 Å². The molecule has 1 aliphatic heterocycles. The molecule has 0 N–H and O–H groups in total. The van der Waals surface area contributed by atoms with E-state index in [0.29, 0.717) is 0 Å². The number of aliphatic imine (C=N–C) groups is 2. The van der Waals surface area contributed by atoms with Crippen LogP contribution in [0.5, 0.6) is 0 Å². The summed E-state index contributed by atoms with van der Waals surface area (Å²) in [7, 11) is 0. The van der Waals surface area contributed by atoms with Crippen LogP contribution < -0.4 is 0 Å². The van der Waals surface area contributed by atoms with E-state index in [4.69, 9.17) is 0 Å². The molecule has 0 atom stereocenters. The average Bonchev–Trinajstić information content (AvgIpc) is 2.76. The summed E-state index contributed by atoms with van der Waals surface area (Å²) in [6.45, 7) is 5.28. The van der Waals surface area contributed by atoms with Crippen LogP contribution in [0.1, 0.15) is 32.3 Å². The molecule has 2 heteroatoms. The molecule has 0 fully saturated rings. The zero-order valence-corrected chi connectivity index (χ0v) is 9.98. The van der Waals surface area contributed by atoms with E-state index in [1.54, 1.807) is 0 Å². The Bertz CT molecular complexity index is 402. The highest BCUT2D eigenvalue weighted by Gasteiger charge is 2.11. The highest BCUT2D eigenvalue weighted by molar-refractivity contribution is 6.11. The van der Waals surface area contributed by atoms with Crippen LogP contribution in [0.25, 0.3) is 0 Å². The van der Waals surface area contributed by atoms with Crippen LogP contribution in [0.3, 0.4) is 0 Å². The standard InChI is InChI=1S/C14H18N2/c1-11(2)8-9-13-10-15-14(16-13)12-6-4-3-5-7-12/h3-7,11H,8-10H2,1-2H3. The van der Waals surface area contributed by atoms with Gasteiger partial charge in [0.1, 0.15) is 0 Å². The fourth-order valence-corrected chi connectivity index (χ4v) is 1.72. The van der Waals surface area contributed by atoms with E-state index >= 15 is 0 Å². The van der Waals surface area contributed by atoms with Crippen LogP contribution in [0.2, 0.25) is 0 Å². The predicted octanol–water partition coefficient (Wildman–Crippen LogP) is 3.32. The fourth-order valence-electron chi connectivity index (χ4n) is 1.72. The molecule has 1 aliphatic rings. The lowest BCUT2D eigenvalue weighted by atomic mass is 10.1. The Labute approximate surface area is 97.1 Å². The first-order chi connectivity index (χ1) is 7.75. The molecule has 0 amide bonds. The monoisotopic (exact) mass is 214 g/mol. The second-order valence-corrected chi connectivity index (χ2v) is 4.62. The van der Waals surface area contributed by atoms with Gasteiger partial charge in [0.25, 0.3) is 0 Å².